The summed E-state index contributed by atoms with van der Waals surface area (Å²) < 4.78 is 2.04. The number of para-hydroxylation sites is 1. The lowest BCUT2D eigenvalue weighted by atomic mass is 10.1. The molecule has 0 saturated heterocycles. The van der Waals surface area contributed by atoms with Crippen molar-refractivity contribution in [3.05, 3.63) is 30.0 Å². The zero-order chi connectivity index (χ0) is 13.7. The Morgan fingerprint density at radius 1 is 1.32 bits per heavy atom. The predicted molar refractivity (Wildman–Crippen MR) is 78.0 cm³/mol. The van der Waals surface area contributed by atoms with Crippen molar-refractivity contribution in [2.75, 3.05) is 6.61 Å². The van der Waals surface area contributed by atoms with Crippen LogP contribution in [0.5, 0.6) is 0 Å². The highest BCUT2D eigenvalue weighted by Crippen LogP contribution is 2.18. The molecule has 0 fully saturated rings. The SMILES string of the molecule is CCC(CCO)NCc1nn(CC)c2ccccc12. The van der Waals surface area contributed by atoms with Crippen molar-refractivity contribution in [1.29, 1.82) is 0 Å². The zero-order valence-electron chi connectivity index (χ0n) is 11.8. The Morgan fingerprint density at radius 2 is 2.11 bits per heavy atom. The van der Waals surface area contributed by atoms with Crippen LogP contribution < -0.4 is 5.32 Å². The molecule has 0 aliphatic carbocycles. The summed E-state index contributed by atoms with van der Waals surface area (Å²) >= 11 is 0. The standard InChI is InChI=1S/C15H23N3O/c1-3-12(9-10-19)16-11-14-13-7-5-6-8-15(13)18(4-2)17-14/h5-8,12,16,19H,3-4,9-11H2,1-2H3. The average molecular weight is 261 g/mol. The first-order chi connectivity index (χ1) is 9.30. The summed E-state index contributed by atoms with van der Waals surface area (Å²) in [6, 6.07) is 8.70. The van der Waals surface area contributed by atoms with Crippen molar-refractivity contribution in [1.82, 2.24) is 15.1 Å². The van der Waals surface area contributed by atoms with Gasteiger partial charge in [-0.1, -0.05) is 25.1 Å². The summed E-state index contributed by atoms with van der Waals surface area (Å²) in [5.74, 6) is 0. The van der Waals surface area contributed by atoms with Crippen LogP contribution in [0.3, 0.4) is 0 Å². The summed E-state index contributed by atoms with van der Waals surface area (Å²) in [5, 5.41) is 18.4. The van der Waals surface area contributed by atoms with Gasteiger partial charge in [0.2, 0.25) is 0 Å². The third-order valence-electron chi connectivity index (χ3n) is 3.56. The third-order valence-corrected chi connectivity index (χ3v) is 3.56. The molecule has 0 aliphatic heterocycles. The molecule has 0 saturated carbocycles. The molecule has 0 aliphatic rings. The molecule has 0 bridgehead atoms. The van der Waals surface area contributed by atoms with Crippen LogP contribution in [0.15, 0.2) is 24.3 Å². The van der Waals surface area contributed by atoms with Crippen LogP contribution >= 0.6 is 0 Å². The van der Waals surface area contributed by atoms with Crippen LogP contribution in [-0.4, -0.2) is 27.5 Å². The van der Waals surface area contributed by atoms with Gasteiger partial charge in [-0.15, -0.1) is 0 Å². The molecule has 1 aromatic carbocycles. The largest absolute Gasteiger partial charge is 0.396 e. The van der Waals surface area contributed by atoms with E-state index in [0.717, 1.165) is 31.6 Å². The number of hydrogen-bond donors (Lipinski definition) is 2. The van der Waals surface area contributed by atoms with Crippen LogP contribution in [0.2, 0.25) is 0 Å². The van der Waals surface area contributed by atoms with Gasteiger partial charge < -0.3 is 10.4 Å². The maximum absolute atomic E-state index is 9.02. The number of hydrogen-bond acceptors (Lipinski definition) is 3. The molecule has 2 rings (SSSR count). The molecule has 2 N–H and O–H groups in total. The first kappa shape index (κ1) is 14.0. The molecule has 0 amide bonds. The smallest absolute Gasteiger partial charge is 0.0841 e. The zero-order valence-corrected chi connectivity index (χ0v) is 11.8. The van der Waals surface area contributed by atoms with Gasteiger partial charge in [0.15, 0.2) is 0 Å². The van der Waals surface area contributed by atoms with E-state index in [9.17, 15) is 0 Å². The number of nitrogens with zero attached hydrogens (tertiary/aromatic N) is 2. The molecule has 1 heterocycles. The van der Waals surface area contributed by atoms with Crippen LogP contribution in [-0.2, 0) is 13.1 Å². The first-order valence-corrected chi connectivity index (χ1v) is 7.08. The van der Waals surface area contributed by atoms with Crippen molar-refractivity contribution < 1.29 is 5.11 Å². The van der Waals surface area contributed by atoms with Gasteiger partial charge in [-0.05, 0) is 25.8 Å². The maximum Gasteiger partial charge on any atom is 0.0841 e. The van der Waals surface area contributed by atoms with E-state index in [4.69, 9.17) is 5.11 Å². The second kappa shape index (κ2) is 6.68. The lowest BCUT2D eigenvalue weighted by Crippen LogP contribution is -2.29. The lowest BCUT2D eigenvalue weighted by molar-refractivity contribution is 0.262. The molecule has 104 valence electrons. The van der Waals surface area contributed by atoms with Gasteiger partial charge in [-0.2, -0.15) is 5.10 Å². The van der Waals surface area contributed by atoms with E-state index in [1.54, 1.807) is 0 Å². The van der Waals surface area contributed by atoms with Crippen LogP contribution in [0.1, 0.15) is 32.4 Å². The number of fused-ring (bicyclic) bond motifs is 1. The van der Waals surface area contributed by atoms with Crippen LogP contribution in [0.4, 0.5) is 0 Å². The molecule has 0 spiro atoms. The molecule has 0 radical (unpaired) electrons. The minimum Gasteiger partial charge on any atom is -0.396 e. The van der Waals surface area contributed by atoms with E-state index in [2.05, 4.69) is 42.5 Å². The Kier molecular flexibility index (Phi) is 4.93. The second-order valence-electron chi connectivity index (χ2n) is 4.78. The quantitative estimate of drug-likeness (QED) is 0.804. The van der Waals surface area contributed by atoms with Crippen LogP contribution in [0, 0.1) is 0 Å². The van der Waals surface area contributed by atoms with Crippen molar-refractivity contribution in [2.45, 2.75) is 45.8 Å². The van der Waals surface area contributed by atoms with E-state index in [1.807, 2.05) is 10.7 Å². The number of aromatic nitrogens is 2. The van der Waals surface area contributed by atoms with Gasteiger partial charge in [0.05, 0.1) is 11.2 Å². The number of aliphatic hydroxyl groups excluding tert-OH is 1. The fourth-order valence-corrected chi connectivity index (χ4v) is 2.42. The van der Waals surface area contributed by atoms with E-state index in [0.29, 0.717) is 6.04 Å². The summed E-state index contributed by atoms with van der Waals surface area (Å²) in [4.78, 5) is 0. The Balaban J connectivity index is 2.16. The van der Waals surface area contributed by atoms with Gasteiger partial charge in [0.1, 0.15) is 0 Å². The van der Waals surface area contributed by atoms with E-state index in [1.165, 1.54) is 10.9 Å². The topological polar surface area (TPSA) is 50.1 Å². The molecule has 19 heavy (non-hydrogen) atoms. The Morgan fingerprint density at radius 3 is 2.79 bits per heavy atom. The molecule has 4 heteroatoms. The minimum atomic E-state index is 0.232. The number of rotatable bonds is 7. The van der Waals surface area contributed by atoms with Gasteiger partial charge >= 0.3 is 0 Å². The van der Waals surface area contributed by atoms with Gasteiger partial charge in [-0.25, -0.2) is 0 Å². The van der Waals surface area contributed by atoms with Gasteiger partial charge in [-0.3, -0.25) is 4.68 Å². The molecular weight excluding hydrogens is 238 g/mol. The third kappa shape index (κ3) is 3.14. The molecule has 4 nitrogen and oxygen atoms in total. The van der Waals surface area contributed by atoms with E-state index >= 15 is 0 Å². The fourth-order valence-electron chi connectivity index (χ4n) is 2.42. The number of benzene rings is 1. The lowest BCUT2D eigenvalue weighted by Gasteiger charge is -2.14. The second-order valence-corrected chi connectivity index (χ2v) is 4.78. The van der Waals surface area contributed by atoms with E-state index < -0.39 is 0 Å². The number of aliphatic hydroxyl groups is 1. The highest BCUT2D eigenvalue weighted by molar-refractivity contribution is 5.81. The van der Waals surface area contributed by atoms with E-state index in [-0.39, 0.29) is 6.61 Å². The van der Waals surface area contributed by atoms with Crippen molar-refractivity contribution >= 4 is 10.9 Å². The normalized spacial score (nSPS) is 13.0. The summed E-state index contributed by atoms with van der Waals surface area (Å²) in [6.45, 7) is 6.11. The van der Waals surface area contributed by atoms with Crippen molar-refractivity contribution in [3.8, 4) is 0 Å². The van der Waals surface area contributed by atoms with Crippen molar-refractivity contribution in [2.24, 2.45) is 0 Å². The van der Waals surface area contributed by atoms with Gasteiger partial charge in [0, 0.05) is 31.1 Å². The molecular formula is C15H23N3O. The van der Waals surface area contributed by atoms with Gasteiger partial charge in [0.25, 0.3) is 0 Å². The molecule has 1 atom stereocenters. The predicted octanol–water partition coefficient (Wildman–Crippen LogP) is 2.31. The Labute approximate surface area is 114 Å². The Bertz CT molecular complexity index is 521. The first-order valence-electron chi connectivity index (χ1n) is 7.08. The molecule has 1 unspecified atom stereocenters. The van der Waals surface area contributed by atoms with Crippen LogP contribution in [0.25, 0.3) is 10.9 Å². The number of nitrogens with one attached hydrogen (secondary N) is 1. The highest BCUT2D eigenvalue weighted by atomic mass is 16.3. The maximum atomic E-state index is 9.02. The number of aryl methyl sites for hydroxylation is 1. The summed E-state index contributed by atoms with van der Waals surface area (Å²) in [6.07, 6.45) is 1.82. The monoisotopic (exact) mass is 261 g/mol. The summed E-state index contributed by atoms with van der Waals surface area (Å²) in [7, 11) is 0. The fraction of sp³-hybridized carbons (Fsp3) is 0.533. The Hall–Kier alpha value is -1.39. The molecule has 1 aromatic heterocycles. The highest BCUT2D eigenvalue weighted by Gasteiger charge is 2.11. The summed E-state index contributed by atoms with van der Waals surface area (Å²) in [5.41, 5.74) is 2.28. The average Bonchev–Trinajstić information content (AvgIpc) is 2.82. The minimum absolute atomic E-state index is 0.232. The molecule has 2 aromatic rings. The van der Waals surface area contributed by atoms with Crippen molar-refractivity contribution in [3.63, 3.8) is 0 Å².